The number of Topliss-reactive ketones (excluding diaryl/α,β-unsaturated/α-hetero) is 1. The molecule has 4 aliphatic carbocycles. The maximum Gasteiger partial charge on any atom is 0.157 e. The highest BCUT2D eigenvalue weighted by atomic mass is 16.3. The van der Waals surface area contributed by atoms with Crippen molar-refractivity contribution in [3.8, 4) is 6.07 Å². The van der Waals surface area contributed by atoms with Gasteiger partial charge in [0, 0.05) is 12.1 Å². The van der Waals surface area contributed by atoms with Crippen LogP contribution in [0.15, 0.2) is 12.4 Å². The van der Waals surface area contributed by atoms with E-state index in [0.29, 0.717) is 35.1 Å². The van der Waals surface area contributed by atoms with Gasteiger partial charge in [-0.15, -0.1) is 0 Å². The van der Waals surface area contributed by atoms with Crippen LogP contribution in [0.1, 0.15) is 90.0 Å². The predicted octanol–water partition coefficient (Wildman–Crippen LogP) is 5.12. The number of hydrogen-bond donors (Lipinski definition) is 1. The van der Waals surface area contributed by atoms with E-state index in [-0.39, 0.29) is 5.92 Å². The fourth-order valence-corrected chi connectivity index (χ4v) is 8.84. The molecule has 0 aliphatic heterocycles. The van der Waals surface area contributed by atoms with Crippen LogP contribution in [-0.2, 0) is 11.3 Å². The normalized spacial score (nSPS) is 43.4. The summed E-state index contributed by atoms with van der Waals surface area (Å²) in [6.45, 7) is 4.75. The van der Waals surface area contributed by atoms with Gasteiger partial charge in [-0.25, -0.2) is 0 Å². The number of nitrogens with zero attached hydrogens (tertiary/aromatic N) is 3. The summed E-state index contributed by atoms with van der Waals surface area (Å²) in [5.74, 6) is 4.01. The minimum atomic E-state index is -0.480. The van der Waals surface area contributed by atoms with Gasteiger partial charge in [-0.3, -0.25) is 9.48 Å². The quantitative estimate of drug-likeness (QED) is 0.709. The lowest BCUT2D eigenvalue weighted by atomic mass is 9.47. The largest absolute Gasteiger partial charge is 0.390 e. The fraction of sp³-hybridized carbons (Fsp3) is 0.815. The predicted molar refractivity (Wildman–Crippen MR) is 122 cm³/mol. The van der Waals surface area contributed by atoms with Crippen LogP contribution >= 0.6 is 0 Å². The molecule has 0 amide bonds. The molecule has 1 aromatic rings. The summed E-state index contributed by atoms with van der Waals surface area (Å²) in [6, 6.07) is 2.10. The fourth-order valence-electron chi connectivity index (χ4n) is 8.84. The Bertz CT molecular complexity index is 899. The molecule has 8 atom stereocenters. The van der Waals surface area contributed by atoms with Gasteiger partial charge in [-0.2, -0.15) is 10.4 Å². The van der Waals surface area contributed by atoms with Crippen LogP contribution in [0.25, 0.3) is 0 Å². The Hall–Kier alpha value is -1.67. The van der Waals surface area contributed by atoms with Crippen LogP contribution < -0.4 is 0 Å². The van der Waals surface area contributed by atoms with Crippen LogP contribution in [0.5, 0.6) is 0 Å². The van der Waals surface area contributed by atoms with Crippen molar-refractivity contribution in [2.45, 2.75) is 96.6 Å². The lowest BCUT2D eigenvalue weighted by molar-refractivity contribution is -0.130. The molecule has 5 rings (SSSR count). The Morgan fingerprint density at radius 3 is 2.78 bits per heavy atom. The van der Waals surface area contributed by atoms with Crippen LogP contribution in [0.2, 0.25) is 0 Å². The zero-order chi connectivity index (χ0) is 22.5. The van der Waals surface area contributed by atoms with Gasteiger partial charge in [0.1, 0.15) is 6.07 Å². The molecule has 1 aromatic heterocycles. The molecule has 1 heterocycles. The molecule has 0 aromatic carbocycles. The van der Waals surface area contributed by atoms with Crippen LogP contribution in [-0.4, -0.2) is 26.3 Å². The molecule has 4 fully saturated rings. The zero-order valence-electron chi connectivity index (χ0n) is 19.8. The Kier molecular flexibility index (Phi) is 5.73. The third-order valence-corrected chi connectivity index (χ3v) is 10.4. The van der Waals surface area contributed by atoms with Gasteiger partial charge >= 0.3 is 0 Å². The standard InChI is InChI=1S/C27H39N3O2/c1-3-27-11-10-26(2,32)13-21(27)6-8-22-19-4-7-23(20(12-19)5-9-24(22)27)25(31)17-30-16-18(14-28)15-29-30/h15-16,19-24,32H,3-13,17H2,1-2H3/t19?,20-,21-,22+,23+,24+,26-,27+/m1/s1. The van der Waals surface area contributed by atoms with Crippen molar-refractivity contribution in [3.63, 3.8) is 0 Å². The van der Waals surface area contributed by atoms with Crippen molar-refractivity contribution in [3.05, 3.63) is 18.0 Å². The molecule has 32 heavy (non-hydrogen) atoms. The number of carbonyl (C=O) groups excluding carboxylic acids is 1. The summed E-state index contributed by atoms with van der Waals surface area (Å²) in [4.78, 5) is 13.2. The van der Waals surface area contributed by atoms with E-state index >= 15 is 0 Å². The molecular weight excluding hydrogens is 398 g/mol. The number of nitriles is 1. The summed E-state index contributed by atoms with van der Waals surface area (Å²) in [5, 5.41) is 24.0. The summed E-state index contributed by atoms with van der Waals surface area (Å²) in [6.07, 6.45) is 16.1. The molecule has 1 N–H and O–H groups in total. The summed E-state index contributed by atoms with van der Waals surface area (Å²) in [7, 11) is 0. The molecule has 5 nitrogen and oxygen atoms in total. The van der Waals surface area contributed by atoms with Crippen LogP contribution in [0, 0.1) is 52.3 Å². The van der Waals surface area contributed by atoms with Crippen molar-refractivity contribution in [2.75, 3.05) is 0 Å². The van der Waals surface area contributed by atoms with Gasteiger partial charge < -0.3 is 5.11 Å². The summed E-state index contributed by atoms with van der Waals surface area (Å²) >= 11 is 0. The third-order valence-electron chi connectivity index (χ3n) is 10.4. The first kappa shape index (κ1) is 22.1. The zero-order valence-corrected chi connectivity index (χ0v) is 19.8. The number of aliphatic hydroxyl groups is 1. The van der Waals surface area contributed by atoms with Gasteiger partial charge in [-0.05, 0) is 113 Å². The Morgan fingerprint density at radius 1 is 1.22 bits per heavy atom. The Morgan fingerprint density at radius 2 is 2.03 bits per heavy atom. The molecule has 0 radical (unpaired) electrons. The van der Waals surface area contributed by atoms with E-state index in [0.717, 1.165) is 37.0 Å². The first-order valence-corrected chi connectivity index (χ1v) is 13.0. The highest BCUT2D eigenvalue weighted by Crippen LogP contribution is 2.64. The van der Waals surface area contributed by atoms with Gasteiger partial charge in [-0.1, -0.05) is 6.92 Å². The molecule has 5 heteroatoms. The minimum Gasteiger partial charge on any atom is -0.390 e. The smallest absolute Gasteiger partial charge is 0.157 e. The first-order chi connectivity index (χ1) is 15.3. The average molecular weight is 438 g/mol. The van der Waals surface area contributed by atoms with Gasteiger partial charge in [0.2, 0.25) is 0 Å². The van der Waals surface area contributed by atoms with E-state index in [1.54, 1.807) is 17.1 Å². The highest BCUT2D eigenvalue weighted by Gasteiger charge is 2.57. The molecule has 174 valence electrons. The van der Waals surface area contributed by atoms with E-state index in [1.807, 2.05) is 6.92 Å². The maximum atomic E-state index is 13.2. The van der Waals surface area contributed by atoms with Crippen molar-refractivity contribution in [1.82, 2.24) is 9.78 Å². The molecule has 0 spiro atoms. The molecule has 1 unspecified atom stereocenters. The number of aromatic nitrogens is 2. The SMILES string of the molecule is CC[C@]12CC[C@@](C)(O)C[C@H]1CC[C@H]1C3CC[C@H](C(=O)Cn4cc(C#N)cn4)[C@H](CC[C@@H]12)C3. The number of ketones is 1. The second kappa shape index (κ2) is 8.28. The second-order valence-corrected chi connectivity index (χ2v) is 11.9. The number of hydrogen-bond acceptors (Lipinski definition) is 4. The van der Waals surface area contributed by atoms with Crippen molar-refractivity contribution < 1.29 is 9.90 Å². The van der Waals surface area contributed by atoms with E-state index < -0.39 is 5.60 Å². The van der Waals surface area contributed by atoms with Gasteiger partial charge in [0.15, 0.2) is 5.78 Å². The Balaban J connectivity index is 1.33. The van der Waals surface area contributed by atoms with Crippen molar-refractivity contribution in [1.29, 1.82) is 5.26 Å². The molecule has 4 saturated carbocycles. The van der Waals surface area contributed by atoms with E-state index in [9.17, 15) is 9.90 Å². The van der Waals surface area contributed by atoms with E-state index in [2.05, 4.69) is 18.1 Å². The molecule has 4 aliphatic rings. The second-order valence-electron chi connectivity index (χ2n) is 11.9. The molecule has 0 saturated heterocycles. The van der Waals surface area contributed by atoms with Crippen molar-refractivity contribution >= 4 is 5.78 Å². The van der Waals surface area contributed by atoms with Gasteiger partial charge in [0.05, 0.1) is 23.9 Å². The lowest BCUT2D eigenvalue weighted by Gasteiger charge is -2.59. The van der Waals surface area contributed by atoms with Gasteiger partial charge in [0.25, 0.3) is 0 Å². The minimum absolute atomic E-state index is 0.154. The number of fused-ring (bicyclic) bond motifs is 6. The summed E-state index contributed by atoms with van der Waals surface area (Å²) < 4.78 is 1.65. The first-order valence-electron chi connectivity index (χ1n) is 13.0. The lowest BCUT2D eigenvalue weighted by Crippen LogP contribution is -2.52. The number of rotatable bonds is 4. The maximum absolute atomic E-state index is 13.2. The molecular formula is C27H39N3O2. The highest BCUT2D eigenvalue weighted by molar-refractivity contribution is 5.81. The number of carbonyl (C=O) groups is 1. The van der Waals surface area contributed by atoms with Crippen molar-refractivity contribution in [2.24, 2.45) is 40.9 Å². The third kappa shape index (κ3) is 3.73. The van der Waals surface area contributed by atoms with E-state index in [4.69, 9.17) is 5.26 Å². The topological polar surface area (TPSA) is 78.9 Å². The van der Waals surface area contributed by atoms with Crippen LogP contribution in [0.4, 0.5) is 0 Å². The average Bonchev–Trinajstić information content (AvgIpc) is 3.18. The monoisotopic (exact) mass is 437 g/mol. The summed E-state index contributed by atoms with van der Waals surface area (Å²) in [5.41, 5.74) is 0.447. The molecule has 2 bridgehead atoms. The van der Waals surface area contributed by atoms with E-state index in [1.165, 1.54) is 51.4 Å². The van der Waals surface area contributed by atoms with Crippen LogP contribution in [0.3, 0.4) is 0 Å². The Labute approximate surface area is 192 Å².